The van der Waals surface area contributed by atoms with Crippen molar-refractivity contribution in [2.75, 3.05) is 4.42 Å². The van der Waals surface area contributed by atoms with E-state index in [1.54, 1.807) is 43.3 Å². The fourth-order valence-corrected chi connectivity index (χ4v) is 3.98. The van der Waals surface area contributed by atoms with Crippen LogP contribution in [-0.4, -0.2) is 16.1 Å². The predicted octanol–water partition coefficient (Wildman–Crippen LogP) is 5.48. The molecule has 3 heterocycles. The lowest BCUT2D eigenvalue weighted by atomic mass is 9.67. The Bertz CT molecular complexity index is 991. The first-order chi connectivity index (χ1) is 12.8. The SMILES string of the molecule is Cc1cc2c(cn1)N(Cl)c1ccccc1C2(Cc1ccccn1)C(F)(F)F. The van der Waals surface area contributed by atoms with Gasteiger partial charge in [0.1, 0.15) is 5.41 Å². The molecule has 0 bridgehead atoms. The highest BCUT2D eigenvalue weighted by molar-refractivity contribution is 6.30. The smallest absolute Gasteiger partial charge is 0.261 e. The number of pyridine rings is 2. The molecule has 27 heavy (non-hydrogen) atoms. The minimum Gasteiger partial charge on any atom is -0.261 e. The average molecular weight is 390 g/mol. The topological polar surface area (TPSA) is 29.0 Å². The van der Waals surface area contributed by atoms with Gasteiger partial charge in [0.25, 0.3) is 0 Å². The second kappa shape index (κ2) is 6.23. The highest BCUT2D eigenvalue weighted by Gasteiger charge is 2.61. The van der Waals surface area contributed by atoms with Crippen molar-refractivity contribution >= 4 is 23.2 Å². The van der Waals surface area contributed by atoms with E-state index in [-0.39, 0.29) is 23.2 Å². The van der Waals surface area contributed by atoms with Gasteiger partial charge in [-0.1, -0.05) is 24.3 Å². The molecular weight excluding hydrogens is 375 g/mol. The summed E-state index contributed by atoms with van der Waals surface area (Å²) in [4.78, 5) is 8.32. The standard InChI is InChI=1S/C20H15ClF3N3/c1-13-10-16-18(12-26-13)27(21)17-8-3-2-7-15(17)19(16,20(22,23)24)11-14-6-4-5-9-25-14/h2-10,12H,11H2,1H3. The lowest BCUT2D eigenvalue weighted by molar-refractivity contribution is -0.178. The number of benzene rings is 1. The lowest BCUT2D eigenvalue weighted by Crippen LogP contribution is -2.48. The molecule has 1 aliphatic rings. The molecule has 7 heteroatoms. The number of rotatable bonds is 2. The number of hydrogen-bond donors (Lipinski definition) is 0. The first-order valence-corrected chi connectivity index (χ1v) is 8.67. The zero-order valence-electron chi connectivity index (χ0n) is 14.3. The molecule has 3 nitrogen and oxygen atoms in total. The molecule has 138 valence electrons. The van der Waals surface area contributed by atoms with Crippen molar-refractivity contribution in [1.82, 2.24) is 9.97 Å². The average Bonchev–Trinajstić information content (AvgIpc) is 2.65. The molecule has 0 spiro atoms. The van der Waals surface area contributed by atoms with E-state index >= 15 is 0 Å². The van der Waals surface area contributed by atoms with Crippen molar-refractivity contribution in [3.63, 3.8) is 0 Å². The van der Waals surface area contributed by atoms with Crippen LogP contribution in [0.5, 0.6) is 0 Å². The summed E-state index contributed by atoms with van der Waals surface area (Å²) in [5, 5.41) is 0. The van der Waals surface area contributed by atoms with Gasteiger partial charge < -0.3 is 0 Å². The van der Waals surface area contributed by atoms with E-state index in [9.17, 15) is 13.2 Å². The van der Waals surface area contributed by atoms with Crippen LogP contribution >= 0.6 is 11.8 Å². The van der Waals surface area contributed by atoms with Gasteiger partial charge >= 0.3 is 6.18 Å². The minimum atomic E-state index is -4.57. The van der Waals surface area contributed by atoms with E-state index in [0.29, 0.717) is 17.1 Å². The van der Waals surface area contributed by atoms with Crippen molar-refractivity contribution in [3.8, 4) is 0 Å². The second-order valence-electron chi connectivity index (χ2n) is 6.54. The van der Waals surface area contributed by atoms with Gasteiger partial charge in [-0.3, -0.25) is 14.4 Å². The third kappa shape index (κ3) is 2.67. The summed E-state index contributed by atoms with van der Waals surface area (Å²) in [6.07, 6.45) is -2.00. The molecule has 0 radical (unpaired) electrons. The van der Waals surface area contributed by atoms with Crippen LogP contribution in [0.4, 0.5) is 24.5 Å². The Hall–Kier alpha value is -2.60. The van der Waals surface area contributed by atoms with Crippen LogP contribution < -0.4 is 4.42 Å². The predicted molar refractivity (Wildman–Crippen MR) is 98.2 cm³/mol. The van der Waals surface area contributed by atoms with Crippen LogP contribution in [0, 0.1) is 6.92 Å². The number of aryl methyl sites for hydroxylation is 1. The highest BCUT2D eigenvalue weighted by Crippen LogP contribution is 2.57. The fourth-order valence-electron chi connectivity index (χ4n) is 3.70. The molecule has 0 aliphatic carbocycles. The van der Waals surface area contributed by atoms with Gasteiger partial charge in [-0.15, -0.1) is 0 Å². The Morgan fingerprint density at radius 2 is 1.74 bits per heavy atom. The van der Waals surface area contributed by atoms with E-state index in [4.69, 9.17) is 11.8 Å². The molecular formula is C20H15ClF3N3. The summed E-state index contributed by atoms with van der Waals surface area (Å²) in [6, 6.07) is 12.8. The Kier molecular flexibility index (Phi) is 4.11. The summed E-state index contributed by atoms with van der Waals surface area (Å²) in [5.74, 6) is 0. The summed E-state index contributed by atoms with van der Waals surface area (Å²) in [7, 11) is 0. The van der Waals surface area contributed by atoms with Crippen LogP contribution in [0.1, 0.15) is 22.5 Å². The van der Waals surface area contributed by atoms with E-state index in [1.165, 1.54) is 28.9 Å². The van der Waals surface area contributed by atoms with Gasteiger partial charge in [-0.05, 0) is 36.8 Å². The van der Waals surface area contributed by atoms with Gasteiger partial charge in [0.05, 0.1) is 17.6 Å². The Balaban J connectivity index is 2.08. The molecule has 0 amide bonds. The van der Waals surface area contributed by atoms with Gasteiger partial charge in [-0.25, -0.2) is 0 Å². The van der Waals surface area contributed by atoms with Crippen molar-refractivity contribution in [2.45, 2.75) is 24.9 Å². The lowest BCUT2D eigenvalue weighted by Gasteiger charge is -2.44. The number of nitrogens with zero attached hydrogens (tertiary/aromatic N) is 3. The van der Waals surface area contributed by atoms with Gasteiger partial charge in [0, 0.05) is 41.3 Å². The molecule has 1 unspecified atom stereocenters. The zero-order valence-corrected chi connectivity index (χ0v) is 15.1. The molecule has 0 N–H and O–H groups in total. The highest BCUT2D eigenvalue weighted by atomic mass is 35.5. The maximum atomic E-state index is 14.8. The van der Waals surface area contributed by atoms with Crippen LogP contribution in [0.2, 0.25) is 0 Å². The molecule has 0 fully saturated rings. The van der Waals surface area contributed by atoms with Crippen LogP contribution in [-0.2, 0) is 11.8 Å². The van der Waals surface area contributed by atoms with Crippen LogP contribution in [0.15, 0.2) is 60.9 Å². The number of hydrogen-bond acceptors (Lipinski definition) is 3. The molecule has 1 aliphatic heterocycles. The van der Waals surface area contributed by atoms with E-state index in [0.717, 1.165) is 0 Å². The van der Waals surface area contributed by atoms with Gasteiger partial charge in [0.2, 0.25) is 0 Å². The molecule has 1 aromatic carbocycles. The molecule has 3 aromatic rings. The first kappa shape index (κ1) is 17.8. The summed E-state index contributed by atoms with van der Waals surface area (Å²) >= 11 is 6.42. The fraction of sp³-hybridized carbons (Fsp3) is 0.200. The number of alkyl halides is 3. The zero-order chi connectivity index (χ0) is 19.2. The molecule has 4 rings (SSSR count). The maximum Gasteiger partial charge on any atom is 0.402 e. The molecule has 1 atom stereocenters. The number of anilines is 2. The summed E-state index contributed by atoms with van der Waals surface area (Å²) in [5.41, 5.74) is -0.703. The quantitative estimate of drug-likeness (QED) is 0.543. The maximum absolute atomic E-state index is 14.8. The number of para-hydroxylation sites is 1. The van der Waals surface area contributed by atoms with Crippen molar-refractivity contribution < 1.29 is 13.2 Å². The Morgan fingerprint density at radius 1 is 1.00 bits per heavy atom. The Morgan fingerprint density at radius 3 is 2.44 bits per heavy atom. The van der Waals surface area contributed by atoms with Gasteiger partial charge in [-0.2, -0.15) is 13.2 Å². The number of fused-ring (bicyclic) bond motifs is 2. The van der Waals surface area contributed by atoms with Crippen molar-refractivity contribution in [3.05, 3.63) is 83.4 Å². The molecule has 2 aromatic heterocycles. The summed E-state index contributed by atoms with van der Waals surface area (Å²) < 4.78 is 45.6. The largest absolute Gasteiger partial charge is 0.402 e. The third-order valence-corrected chi connectivity index (χ3v) is 5.29. The monoisotopic (exact) mass is 389 g/mol. The summed E-state index contributed by atoms with van der Waals surface area (Å²) in [6.45, 7) is 1.67. The first-order valence-electron chi connectivity index (χ1n) is 8.34. The third-order valence-electron chi connectivity index (χ3n) is 4.92. The van der Waals surface area contributed by atoms with Crippen molar-refractivity contribution in [2.24, 2.45) is 0 Å². The number of halogens is 4. The van der Waals surface area contributed by atoms with Crippen LogP contribution in [0.25, 0.3) is 0 Å². The van der Waals surface area contributed by atoms with Gasteiger partial charge in [0.15, 0.2) is 0 Å². The molecule has 0 saturated heterocycles. The van der Waals surface area contributed by atoms with Crippen LogP contribution in [0.3, 0.4) is 0 Å². The van der Waals surface area contributed by atoms with E-state index in [2.05, 4.69) is 9.97 Å². The minimum absolute atomic E-state index is 0.0850. The second-order valence-corrected chi connectivity index (χ2v) is 6.88. The normalized spacial score (nSPS) is 18.8. The van der Waals surface area contributed by atoms with Crippen molar-refractivity contribution in [1.29, 1.82) is 0 Å². The van der Waals surface area contributed by atoms with E-state index < -0.39 is 11.6 Å². The number of aromatic nitrogens is 2. The molecule has 0 saturated carbocycles. The Labute approximate surface area is 159 Å². The van der Waals surface area contributed by atoms with E-state index in [1.807, 2.05) is 0 Å².